The molecule has 3 heteroatoms. The zero-order chi connectivity index (χ0) is 15.2. The third-order valence-electron chi connectivity index (χ3n) is 3.38. The van der Waals surface area contributed by atoms with Crippen LogP contribution in [0.2, 0.25) is 0 Å². The lowest BCUT2D eigenvalue weighted by Gasteiger charge is -2.19. The number of hydrogen-bond acceptors (Lipinski definition) is 3. The molecular formula is C18H22O3. The normalized spacial score (nSPS) is 13.8. The first-order chi connectivity index (χ1) is 10.0. The highest BCUT2D eigenvalue weighted by Crippen LogP contribution is 2.16. The molecule has 2 aromatic carbocycles. The van der Waals surface area contributed by atoms with Gasteiger partial charge in [-0.25, -0.2) is 0 Å². The van der Waals surface area contributed by atoms with Gasteiger partial charge in [0.05, 0.1) is 12.2 Å². The molecule has 0 fully saturated rings. The smallest absolute Gasteiger partial charge is 0.115 e. The molecule has 0 heterocycles. The van der Waals surface area contributed by atoms with Gasteiger partial charge >= 0.3 is 0 Å². The first-order valence-corrected chi connectivity index (χ1v) is 7.24. The topological polar surface area (TPSA) is 49.7 Å². The van der Waals surface area contributed by atoms with Crippen molar-refractivity contribution in [2.75, 3.05) is 0 Å². The van der Waals surface area contributed by atoms with E-state index in [2.05, 4.69) is 13.8 Å². The van der Waals surface area contributed by atoms with E-state index in [4.69, 9.17) is 4.74 Å². The standard InChI is InChI=1S/C18H22O3/c1-13(11-15-3-7-17(19)8-4-15)21-14(2)12-16-5-9-18(20)10-6-16/h3-10,13-14,19-20H,11-12H2,1-2H3. The predicted molar refractivity (Wildman–Crippen MR) is 83.6 cm³/mol. The highest BCUT2D eigenvalue weighted by Gasteiger charge is 2.10. The van der Waals surface area contributed by atoms with E-state index < -0.39 is 0 Å². The Morgan fingerprint density at radius 3 is 1.38 bits per heavy atom. The predicted octanol–water partition coefficient (Wildman–Crippen LogP) is 3.68. The van der Waals surface area contributed by atoms with Crippen LogP contribution in [0, 0.1) is 0 Å². The minimum Gasteiger partial charge on any atom is -0.508 e. The summed E-state index contributed by atoms with van der Waals surface area (Å²) in [5, 5.41) is 18.5. The van der Waals surface area contributed by atoms with Gasteiger partial charge in [-0.2, -0.15) is 0 Å². The fourth-order valence-corrected chi connectivity index (χ4v) is 2.42. The van der Waals surface area contributed by atoms with Crippen LogP contribution >= 0.6 is 0 Å². The molecule has 112 valence electrons. The van der Waals surface area contributed by atoms with E-state index in [1.165, 1.54) is 0 Å². The van der Waals surface area contributed by atoms with Crippen LogP contribution in [0.5, 0.6) is 11.5 Å². The lowest BCUT2D eigenvalue weighted by atomic mass is 10.1. The Kier molecular flexibility index (Phi) is 5.23. The maximum atomic E-state index is 9.27. The maximum absolute atomic E-state index is 9.27. The van der Waals surface area contributed by atoms with Crippen LogP contribution in [0.3, 0.4) is 0 Å². The summed E-state index contributed by atoms with van der Waals surface area (Å²) >= 11 is 0. The van der Waals surface area contributed by atoms with Gasteiger partial charge in [-0.15, -0.1) is 0 Å². The fraction of sp³-hybridized carbons (Fsp3) is 0.333. The molecular weight excluding hydrogens is 264 g/mol. The van der Waals surface area contributed by atoms with Gasteiger partial charge in [0.1, 0.15) is 11.5 Å². The van der Waals surface area contributed by atoms with Crippen molar-refractivity contribution < 1.29 is 14.9 Å². The van der Waals surface area contributed by atoms with E-state index in [0.29, 0.717) is 0 Å². The van der Waals surface area contributed by atoms with Crippen molar-refractivity contribution in [2.24, 2.45) is 0 Å². The van der Waals surface area contributed by atoms with Crippen molar-refractivity contribution >= 4 is 0 Å². The van der Waals surface area contributed by atoms with Crippen LogP contribution in [0.25, 0.3) is 0 Å². The van der Waals surface area contributed by atoms with Crippen molar-refractivity contribution in [3.63, 3.8) is 0 Å². The van der Waals surface area contributed by atoms with Gasteiger partial charge in [-0.3, -0.25) is 0 Å². The Morgan fingerprint density at radius 1 is 0.714 bits per heavy atom. The Morgan fingerprint density at radius 2 is 1.05 bits per heavy atom. The van der Waals surface area contributed by atoms with Crippen LogP contribution in [0.15, 0.2) is 48.5 Å². The van der Waals surface area contributed by atoms with E-state index in [9.17, 15) is 10.2 Å². The average Bonchev–Trinajstić information content (AvgIpc) is 2.44. The number of phenols is 2. The summed E-state index contributed by atoms with van der Waals surface area (Å²) in [6.45, 7) is 4.11. The molecule has 2 N–H and O–H groups in total. The van der Waals surface area contributed by atoms with Gasteiger partial charge in [-0.05, 0) is 62.1 Å². The molecule has 0 amide bonds. The van der Waals surface area contributed by atoms with Gasteiger partial charge in [0, 0.05) is 0 Å². The number of benzene rings is 2. The second kappa shape index (κ2) is 7.14. The van der Waals surface area contributed by atoms with E-state index in [-0.39, 0.29) is 23.7 Å². The summed E-state index contributed by atoms with van der Waals surface area (Å²) in [6, 6.07) is 14.5. The summed E-state index contributed by atoms with van der Waals surface area (Å²) in [6.07, 6.45) is 1.86. The quantitative estimate of drug-likeness (QED) is 0.851. The second-order valence-electron chi connectivity index (χ2n) is 5.50. The Bertz CT molecular complexity index is 494. The Balaban J connectivity index is 1.82. The molecule has 0 aliphatic heterocycles. The highest BCUT2D eigenvalue weighted by atomic mass is 16.5. The lowest BCUT2D eigenvalue weighted by Crippen LogP contribution is -2.21. The molecule has 0 saturated carbocycles. The highest BCUT2D eigenvalue weighted by molar-refractivity contribution is 5.27. The molecule has 0 aliphatic rings. The first-order valence-electron chi connectivity index (χ1n) is 7.24. The molecule has 0 spiro atoms. The van der Waals surface area contributed by atoms with Gasteiger partial charge < -0.3 is 14.9 Å². The first kappa shape index (κ1) is 15.4. The number of rotatable bonds is 6. The van der Waals surface area contributed by atoms with Gasteiger partial charge in [0.25, 0.3) is 0 Å². The molecule has 0 saturated heterocycles. The number of aromatic hydroxyl groups is 2. The van der Waals surface area contributed by atoms with Crippen LogP contribution in [-0.4, -0.2) is 22.4 Å². The zero-order valence-corrected chi connectivity index (χ0v) is 12.5. The van der Waals surface area contributed by atoms with E-state index in [1.807, 2.05) is 24.3 Å². The van der Waals surface area contributed by atoms with Crippen molar-refractivity contribution in [3.05, 3.63) is 59.7 Å². The Labute approximate surface area is 125 Å². The molecule has 2 aromatic rings. The molecule has 0 aliphatic carbocycles. The monoisotopic (exact) mass is 286 g/mol. The molecule has 0 bridgehead atoms. The fourth-order valence-electron chi connectivity index (χ4n) is 2.42. The van der Waals surface area contributed by atoms with E-state index in [0.717, 1.165) is 24.0 Å². The summed E-state index contributed by atoms with van der Waals surface area (Å²) in [5.74, 6) is 0.570. The van der Waals surface area contributed by atoms with Crippen molar-refractivity contribution in [3.8, 4) is 11.5 Å². The van der Waals surface area contributed by atoms with Crippen molar-refractivity contribution in [2.45, 2.75) is 38.9 Å². The summed E-state index contributed by atoms with van der Waals surface area (Å²) in [4.78, 5) is 0. The Hall–Kier alpha value is -2.00. The van der Waals surface area contributed by atoms with E-state index in [1.54, 1.807) is 24.3 Å². The third-order valence-corrected chi connectivity index (χ3v) is 3.38. The maximum Gasteiger partial charge on any atom is 0.115 e. The number of phenolic OH excluding ortho intramolecular Hbond substituents is 2. The van der Waals surface area contributed by atoms with Gasteiger partial charge in [0.15, 0.2) is 0 Å². The average molecular weight is 286 g/mol. The van der Waals surface area contributed by atoms with Gasteiger partial charge in [0.2, 0.25) is 0 Å². The SMILES string of the molecule is CC(Cc1ccc(O)cc1)OC(C)Cc1ccc(O)cc1. The number of hydrogen-bond donors (Lipinski definition) is 2. The summed E-state index contributed by atoms with van der Waals surface area (Å²) < 4.78 is 5.99. The molecule has 2 atom stereocenters. The lowest BCUT2D eigenvalue weighted by molar-refractivity contribution is 0.00943. The zero-order valence-electron chi connectivity index (χ0n) is 12.5. The molecule has 0 aromatic heterocycles. The van der Waals surface area contributed by atoms with Crippen LogP contribution in [0.4, 0.5) is 0 Å². The molecule has 2 unspecified atom stereocenters. The summed E-state index contributed by atoms with van der Waals surface area (Å²) in [7, 11) is 0. The van der Waals surface area contributed by atoms with E-state index >= 15 is 0 Å². The van der Waals surface area contributed by atoms with Crippen molar-refractivity contribution in [1.29, 1.82) is 0 Å². The minimum atomic E-state index is 0.113. The van der Waals surface area contributed by atoms with Crippen LogP contribution in [-0.2, 0) is 17.6 Å². The third kappa shape index (κ3) is 5.12. The number of ether oxygens (including phenoxy) is 1. The largest absolute Gasteiger partial charge is 0.508 e. The van der Waals surface area contributed by atoms with Gasteiger partial charge in [-0.1, -0.05) is 24.3 Å². The molecule has 21 heavy (non-hydrogen) atoms. The van der Waals surface area contributed by atoms with Crippen LogP contribution in [0.1, 0.15) is 25.0 Å². The summed E-state index contributed by atoms with van der Waals surface area (Å²) in [5.41, 5.74) is 2.30. The molecule has 3 nitrogen and oxygen atoms in total. The molecule has 2 rings (SSSR count). The molecule has 0 radical (unpaired) electrons. The van der Waals surface area contributed by atoms with Crippen LogP contribution < -0.4 is 0 Å². The van der Waals surface area contributed by atoms with Crippen molar-refractivity contribution in [1.82, 2.24) is 0 Å². The second-order valence-corrected chi connectivity index (χ2v) is 5.50. The minimum absolute atomic E-state index is 0.113.